The molecule has 1 aliphatic heterocycles. The van der Waals surface area contributed by atoms with Crippen molar-refractivity contribution < 1.29 is 24.2 Å². The first-order valence-corrected chi connectivity index (χ1v) is 5.47. The number of hydrogen-bond acceptors (Lipinski definition) is 5. The number of carboxylic acid groups (broad SMARTS) is 1. The molecule has 0 radical (unpaired) electrons. The molecule has 96 valence electrons. The minimum Gasteiger partial charge on any atom is -0.548 e. The minimum atomic E-state index is -1.35. The number of para-hydroxylation sites is 2. The summed E-state index contributed by atoms with van der Waals surface area (Å²) in [5.41, 5.74) is 0. The van der Waals surface area contributed by atoms with E-state index in [1.165, 1.54) is 6.92 Å². The Kier molecular flexibility index (Phi) is 3.36. The molecule has 1 aliphatic rings. The second kappa shape index (κ2) is 4.95. The highest BCUT2D eigenvalue weighted by molar-refractivity contribution is 5.86. The van der Waals surface area contributed by atoms with Gasteiger partial charge in [-0.05, 0) is 19.1 Å². The number of fused-ring (bicyclic) bond motifs is 1. The Hall–Kier alpha value is -2.24. The van der Waals surface area contributed by atoms with Crippen molar-refractivity contribution in [3.8, 4) is 11.5 Å². The molecular formula is C12H12NO5-. The molecule has 1 aromatic rings. The van der Waals surface area contributed by atoms with Gasteiger partial charge in [-0.3, -0.25) is 4.79 Å². The van der Waals surface area contributed by atoms with Crippen molar-refractivity contribution >= 4 is 11.9 Å². The third kappa shape index (κ3) is 2.53. The average Bonchev–Trinajstić information content (AvgIpc) is 2.37. The molecule has 1 heterocycles. The number of nitrogens with one attached hydrogen (secondary N) is 1. The van der Waals surface area contributed by atoms with E-state index in [-0.39, 0.29) is 6.61 Å². The number of carboxylic acids is 1. The zero-order chi connectivity index (χ0) is 13.1. The molecule has 0 unspecified atom stereocenters. The van der Waals surface area contributed by atoms with Crippen molar-refractivity contribution in [1.82, 2.24) is 5.32 Å². The molecule has 0 saturated carbocycles. The van der Waals surface area contributed by atoms with Gasteiger partial charge in [-0.1, -0.05) is 12.1 Å². The van der Waals surface area contributed by atoms with Crippen LogP contribution in [-0.4, -0.2) is 30.6 Å². The van der Waals surface area contributed by atoms with Crippen LogP contribution in [0.3, 0.4) is 0 Å². The van der Waals surface area contributed by atoms with Gasteiger partial charge in [0.15, 0.2) is 11.5 Å². The molecule has 1 N–H and O–H groups in total. The lowest BCUT2D eigenvalue weighted by atomic mass is 10.2. The van der Waals surface area contributed by atoms with Crippen molar-refractivity contribution in [3.05, 3.63) is 24.3 Å². The Morgan fingerprint density at radius 3 is 2.72 bits per heavy atom. The summed E-state index contributed by atoms with van der Waals surface area (Å²) in [7, 11) is 0. The Morgan fingerprint density at radius 2 is 2.06 bits per heavy atom. The summed E-state index contributed by atoms with van der Waals surface area (Å²) in [5, 5.41) is 12.8. The van der Waals surface area contributed by atoms with Crippen LogP contribution >= 0.6 is 0 Å². The maximum Gasteiger partial charge on any atom is 0.265 e. The predicted octanol–water partition coefficient (Wildman–Crippen LogP) is -0.919. The van der Waals surface area contributed by atoms with Crippen LogP contribution in [0.25, 0.3) is 0 Å². The second-order valence-electron chi connectivity index (χ2n) is 3.91. The minimum absolute atomic E-state index is 0.0443. The van der Waals surface area contributed by atoms with E-state index in [1.54, 1.807) is 24.3 Å². The molecule has 0 bridgehead atoms. The third-order valence-corrected chi connectivity index (χ3v) is 2.51. The first-order chi connectivity index (χ1) is 8.58. The number of carbonyl (C=O) groups excluding carboxylic acids is 2. The largest absolute Gasteiger partial charge is 0.548 e. The number of hydrogen-bond donors (Lipinski definition) is 1. The van der Waals surface area contributed by atoms with Gasteiger partial charge in [0, 0.05) is 0 Å². The number of ether oxygens (including phenoxy) is 2. The van der Waals surface area contributed by atoms with Crippen molar-refractivity contribution in [3.63, 3.8) is 0 Å². The quantitative estimate of drug-likeness (QED) is 0.749. The number of benzene rings is 1. The number of rotatable bonds is 3. The number of aliphatic carboxylic acids is 1. The molecule has 2 rings (SSSR count). The van der Waals surface area contributed by atoms with E-state index in [0.29, 0.717) is 11.5 Å². The van der Waals surface area contributed by atoms with E-state index >= 15 is 0 Å². The molecule has 0 spiro atoms. The van der Waals surface area contributed by atoms with Crippen LogP contribution in [0.2, 0.25) is 0 Å². The van der Waals surface area contributed by atoms with E-state index in [1.807, 2.05) is 0 Å². The summed E-state index contributed by atoms with van der Waals surface area (Å²) in [6, 6.07) is 5.88. The monoisotopic (exact) mass is 250 g/mol. The van der Waals surface area contributed by atoms with Crippen LogP contribution in [-0.2, 0) is 9.59 Å². The molecule has 2 atom stereocenters. The second-order valence-corrected chi connectivity index (χ2v) is 3.91. The topological polar surface area (TPSA) is 87.7 Å². The van der Waals surface area contributed by atoms with E-state index in [0.717, 1.165) is 0 Å². The van der Waals surface area contributed by atoms with Crippen LogP contribution in [0, 0.1) is 0 Å². The summed E-state index contributed by atoms with van der Waals surface area (Å²) in [6.07, 6.45) is -0.860. The Bertz CT molecular complexity index is 473. The summed E-state index contributed by atoms with van der Waals surface area (Å²) in [4.78, 5) is 22.2. The molecule has 0 saturated heterocycles. The van der Waals surface area contributed by atoms with Crippen LogP contribution in [0.1, 0.15) is 6.92 Å². The predicted molar refractivity (Wildman–Crippen MR) is 59.0 cm³/mol. The molecule has 18 heavy (non-hydrogen) atoms. The lowest BCUT2D eigenvalue weighted by molar-refractivity contribution is -0.307. The fourth-order valence-corrected chi connectivity index (χ4v) is 1.51. The number of carbonyl (C=O) groups is 2. The number of amides is 1. The van der Waals surface area contributed by atoms with Gasteiger partial charge in [0.25, 0.3) is 5.91 Å². The lowest BCUT2D eigenvalue weighted by Crippen LogP contribution is -2.52. The lowest BCUT2D eigenvalue weighted by Gasteiger charge is -2.26. The van der Waals surface area contributed by atoms with Gasteiger partial charge in [0.1, 0.15) is 6.61 Å². The summed E-state index contributed by atoms with van der Waals surface area (Å²) >= 11 is 0. The molecule has 1 amide bonds. The Labute approximate surface area is 104 Å². The van der Waals surface area contributed by atoms with Crippen LogP contribution in [0.15, 0.2) is 24.3 Å². The highest BCUT2D eigenvalue weighted by Gasteiger charge is 2.28. The van der Waals surface area contributed by atoms with Crippen molar-refractivity contribution in [1.29, 1.82) is 0 Å². The van der Waals surface area contributed by atoms with Crippen LogP contribution < -0.4 is 19.9 Å². The fourth-order valence-electron chi connectivity index (χ4n) is 1.51. The average molecular weight is 250 g/mol. The van der Waals surface area contributed by atoms with Gasteiger partial charge < -0.3 is 24.7 Å². The van der Waals surface area contributed by atoms with Gasteiger partial charge in [0.2, 0.25) is 6.10 Å². The normalized spacial score (nSPS) is 18.8. The van der Waals surface area contributed by atoms with Crippen LogP contribution in [0.4, 0.5) is 0 Å². The third-order valence-electron chi connectivity index (χ3n) is 2.51. The standard InChI is InChI=1S/C12H13NO5/c1-7(12(15)16)13-11(14)10-6-17-8-4-2-3-5-9(8)18-10/h2-5,7,10H,6H2,1H3,(H,13,14)(H,15,16)/p-1/t7-,10+/m0/s1. The molecule has 0 fully saturated rings. The van der Waals surface area contributed by atoms with Gasteiger partial charge in [-0.2, -0.15) is 0 Å². The van der Waals surface area contributed by atoms with E-state index in [9.17, 15) is 14.7 Å². The van der Waals surface area contributed by atoms with E-state index < -0.39 is 24.0 Å². The maximum absolute atomic E-state index is 11.7. The SMILES string of the molecule is C[C@H](NC(=O)[C@H]1COc2ccccc2O1)C(=O)[O-]. The summed E-state index contributed by atoms with van der Waals surface area (Å²) in [5.74, 6) is -0.860. The van der Waals surface area contributed by atoms with Gasteiger partial charge in [-0.15, -0.1) is 0 Å². The highest BCUT2D eigenvalue weighted by Crippen LogP contribution is 2.30. The van der Waals surface area contributed by atoms with Gasteiger partial charge >= 0.3 is 0 Å². The van der Waals surface area contributed by atoms with Crippen LogP contribution in [0.5, 0.6) is 11.5 Å². The molecule has 0 aliphatic carbocycles. The molecule has 0 aromatic heterocycles. The molecule has 6 nitrogen and oxygen atoms in total. The smallest absolute Gasteiger partial charge is 0.265 e. The van der Waals surface area contributed by atoms with E-state index in [2.05, 4.69) is 5.32 Å². The van der Waals surface area contributed by atoms with Crippen molar-refractivity contribution in [2.24, 2.45) is 0 Å². The summed E-state index contributed by atoms with van der Waals surface area (Å²) < 4.78 is 10.8. The fraction of sp³-hybridized carbons (Fsp3) is 0.333. The summed E-state index contributed by atoms with van der Waals surface area (Å²) in [6.45, 7) is 1.37. The maximum atomic E-state index is 11.7. The first-order valence-electron chi connectivity index (χ1n) is 5.47. The van der Waals surface area contributed by atoms with Crippen molar-refractivity contribution in [2.45, 2.75) is 19.1 Å². The van der Waals surface area contributed by atoms with E-state index in [4.69, 9.17) is 9.47 Å². The molecule has 1 aromatic carbocycles. The highest BCUT2D eigenvalue weighted by atomic mass is 16.6. The Balaban J connectivity index is 2.00. The van der Waals surface area contributed by atoms with Gasteiger partial charge in [-0.25, -0.2) is 0 Å². The first kappa shape index (κ1) is 12.2. The molecule has 6 heteroatoms. The van der Waals surface area contributed by atoms with Crippen molar-refractivity contribution in [2.75, 3.05) is 6.61 Å². The van der Waals surface area contributed by atoms with Gasteiger partial charge in [0.05, 0.1) is 12.0 Å². The zero-order valence-electron chi connectivity index (χ0n) is 9.71. The zero-order valence-corrected chi connectivity index (χ0v) is 9.71. The molecular weight excluding hydrogens is 238 g/mol. The Morgan fingerprint density at radius 1 is 1.39 bits per heavy atom.